The van der Waals surface area contributed by atoms with Gasteiger partial charge in [0.05, 0.1) is 0 Å². The summed E-state index contributed by atoms with van der Waals surface area (Å²) in [5, 5.41) is 5.95. The molecule has 0 aromatic heterocycles. The SMILES string of the molecule is CO[C@@H](C(=O)N1CCC[C@H]1C(=O)Nc1ccc(/C=C/c2ccc(NC(=O)[C@@H]3CCCN3C(=O)[C@H](OC)c3ccccc3)cc2)cc1)c1ccccc1. The fraction of sp³-hybridized carbons (Fsp3) is 0.286. The van der Waals surface area contributed by atoms with Crippen molar-refractivity contribution >= 4 is 47.2 Å². The van der Waals surface area contributed by atoms with Crippen molar-refractivity contribution in [2.75, 3.05) is 37.9 Å². The number of nitrogens with one attached hydrogen (secondary N) is 2. The van der Waals surface area contributed by atoms with Gasteiger partial charge in [-0.25, -0.2) is 0 Å². The largest absolute Gasteiger partial charge is 0.367 e. The first kappa shape index (κ1) is 36.2. The number of carbonyl (C=O) groups excluding carboxylic acids is 4. The van der Waals surface area contributed by atoms with Crippen molar-refractivity contribution in [2.45, 2.75) is 50.0 Å². The molecule has 0 unspecified atom stereocenters. The summed E-state index contributed by atoms with van der Waals surface area (Å²) in [5.74, 6) is -0.866. The highest BCUT2D eigenvalue weighted by Crippen LogP contribution is 2.28. The molecule has 10 nitrogen and oxygen atoms in total. The smallest absolute Gasteiger partial charge is 0.257 e. The van der Waals surface area contributed by atoms with Gasteiger partial charge in [0.1, 0.15) is 12.1 Å². The molecule has 10 heteroatoms. The first-order valence-corrected chi connectivity index (χ1v) is 17.6. The van der Waals surface area contributed by atoms with Gasteiger partial charge in [-0.05, 0) is 72.2 Å². The van der Waals surface area contributed by atoms with Crippen molar-refractivity contribution in [3.05, 3.63) is 131 Å². The van der Waals surface area contributed by atoms with Crippen LogP contribution < -0.4 is 10.6 Å². The lowest BCUT2D eigenvalue weighted by atomic mass is 10.1. The number of nitrogens with zero attached hydrogens (tertiary/aromatic N) is 2. The number of hydrogen-bond donors (Lipinski definition) is 2. The number of amides is 4. The van der Waals surface area contributed by atoms with Gasteiger partial charge in [0.2, 0.25) is 11.8 Å². The van der Waals surface area contributed by atoms with E-state index in [1.54, 1.807) is 9.80 Å². The van der Waals surface area contributed by atoms with Gasteiger partial charge in [0.25, 0.3) is 11.8 Å². The van der Waals surface area contributed by atoms with E-state index in [-0.39, 0.29) is 23.6 Å². The van der Waals surface area contributed by atoms with Gasteiger partial charge in [0.15, 0.2) is 12.2 Å². The fourth-order valence-electron chi connectivity index (χ4n) is 6.92. The van der Waals surface area contributed by atoms with Crippen LogP contribution >= 0.6 is 0 Å². The molecule has 0 aliphatic carbocycles. The van der Waals surface area contributed by atoms with Crippen molar-refractivity contribution in [2.24, 2.45) is 0 Å². The minimum Gasteiger partial charge on any atom is -0.367 e. The van der Waals surface area contributed by atoms with E-state index in [0.29, 0.717) is 37.3 Å². The Morgan fingerprint density at radius 3 is 1.29 bits per heavy atom. The molecule has 268 valence electrons. The second-order valence-electron chi connectivity index (χ2n) is 13.0. The summed E-state index contributed by atoms with van der Waals surface area (Å²) in [7, 11) is 3.01. The molecule has 2 fully saturated rings. The maximum atomic E-state index is 13.4. The predicted octanol–water partition coefficient (Wildman–Crippen LogP) is 6.49. The molecular formula is C42H44N4O6. The zero-order chi connectivity index (χ0) is 36.5. The van der Waals surface area contributed by atoms with E-state index in [1.807, 2.05) is 121 Å². The molecule has 4 amide bonds. The maximum absolute atomic E-state index is 13.4. The first-order valence-electron chi connectivity index (χ1n) is 17.6. The molecule has 4 atom stereocenters. The van der Waals surface area contributed by atoms with E-state index in [2.05, 4.69) is 10.6 Å². The number of rotatable bonds is 12. The molecule has 6 rings (SSSR count). The monoisotopic (exact) mass is 700 g/mol. The van der Waals surface area contributed by atoms with Crippen molar-refractivity contribution in [1.82, 2.24) is 9.80 Å². The van der Waals surface area contributed by atoms with Crippen LogP contribution in [0, 0.1) is 0 Å². The molecule has 4 aromatic carbocycles. The lowest BCUT2D eigenvalue weighted by Crippen LogP contribution is -2.45. The standard InChI is InChI=1S/C42H44N4O6/c1-51-37(31-11-5-3-6-12-31)41(49)45-27-9-15-35(45)39(47)43-33-23-19-29(20-24-33)17-18-30-21-25-34(26-22-30)44-40(48)36-16-10-28-46(36)42(50)38(52-2)32-13-7-4-8-14-32/h3-8,11-14,17-26,35-38H,9-10,15-16,27-28H2,1-2H3,(H,43,47)(H,44,48)/b18-17+/t35-,36-,37+,38+/m0/s1. The number of anilines is 2. The number of likely N-dealkylation sites (tertiary alicyclic amines) is 2. The van der Waals surface area contributed by atoms with Crippen LogP contribution in [0.4, 0.5) is 11.4 Å². The number of benzene rings is 4. The molecule has 4 aromatic rings. The Morgan fingerprint density at radius 1 is 0.577 bits per heavy atom. The fourth-order valence-corrected chi connectivity index (χ4v) is 6.92. The van der Waals surface area contributed by atoms with E-state index >= 15 is 0 Å². The Hall–Kier alpha value is -5.58. The minimum atomic E-state index is -0.759. The Morgan fingerprint density at radius 2 is 0.942 bits per heavy atom. The summed E-state index contributed by atoms with van der Waals surface area (Å²) in [6, 6.07) is 32.5. The summed E-state index contributed by atoms with van der Waals surface area (Å²) in [6.45, 7) is 1.01. The normalized spacial score (nSPS) is 18.3. The van der Waals surface area contributed by atoms with Crippen LogP contribution in [0.1, 0.15) is 60.1 Å². The van der Waals surface area contributed by atoms with Crippen molar-refractivity contribution in [1.29, 1.82) is 0 Å². The number of hydrogen-bond acceptors (Lipinski definition) is 6. The molecule has 0 bridgehead atoms. The molecule has 0 radical (unpaired) electrons. The average molecular weight is 701 g/mol. The zero-order valence-corrected chi connectivity index (χ0v) is 29.4. The Balaban J connectivity index is 1.01. The van der Waals surface area contributed by atoms with Gasteiger partial charge in [-0.2, -0.15) is 0 Å². The first-order chi connectivity index (χ1) is 25.4. The van der Waals surface area contributed by atoms with Gasteiger partial charge in [-0.1, -0.05) is 97.1 Å². The zero-order valence-electron chi connectivity index (χ0n) is 29.4. The van der Waals surface area contributed by atoms with Crippen molar-refractivity contribution < 1.29 is 28.7 Å². The van der Waals surface area contributed by atoms with Crippen LogP contribution in [0.3, 0.4) is 0 Å². The summed E-state index contributed by atoms with van der Waals surface area (Å²) in [6.07, 6.45) is 5.09. The second-order valence-corrected chi connectivity index (χ2v) is 13.0. The van der Waals surface area contributed by atoms with Crippen molar-refractivity contribution in [3.8, 4) is 0 Å². The highest BCUT2D eigenvalue weighted by atomic mass is 16.5. The van der Waals surface area contributed by atoms with E-state index in [1.165, 1.54) is 14.2 Å². The third kappa shape index (κ3) is 8.47. The van der Waals surface area contributed by atoms with Crippen molar-refractivity contribution in [3.63, 3.8) is 0 Å². The minimum absolute atomic E-state index is 0.214. The summed E-state index contributed by atoms with van der Waals surface area (Å²) >= 11 is 0. The predicted molar refractivity (Wildman–Crippen MR) is 201 cm³/mol. The Labute approximate surface area is 304 Å². The second kappa shape index (κ2) is 17.1. The van der Waals surface area contributed by atoms with E-state index in [4.69, 9.17) is 9.47 Å². The molecule has 52 heavy (non-hydrogen) atoms. The molecule has 0 saturated carbocycles. The molecule has 2 N–H and O–H groups in total. The molecular weight excluding hydrogens is 656 g/mol. The molecule has 0 spiro atoms. The molecule has 2 saturated heterocycles. The van der Waals surface area contributed by atoms with Crippen LogP contribution in [0.25, 0.3) is 12.2 Å². The summed E-state index contributed by atoms with van der Waals surface area (Å²) in [4.78, 5) is 56.6. The van der Waals surface area contributed by atoms with Crippen LogP contribution in [-0.4, -0.2) is 72.8 Å². The average Bonchev–Trinajstić information content (AvgIpc) is 3.88. The van der Waals surface area contributed by atoms with E-state index in [9.17, 15) is 19.2 Å². The number of ether oxygens (including phenoxy) is 2. The van der Waals surface area contributed by atoms with E-state index in [0.717, 1.165) is 35.1 Å². The Kier molecular flexibility index (Phi) is 11.9. The van der Waals surface area contributed by atoms with Gasteiger partial charge < -0.3 is 29.9 Å². The lowest BCUT2D eigenvalue weighted by molar-refractivity contribution is -0.146. The molecule has 2 heterocycles. The van der Waals surface area contributed by atoms with Gasteiger partial charge >= 0.3 is 0 Å². The van der Waals surface area contributed by atoms with Gasteiger partial charge in [-0.3, -0.25) is 19.2 Å². The molecule has 2 aliphatic rings. The van der Waals surface area contributed by atoms with E-state index < -0.39 is 24.3 Å². The summed E-state index contributed by atoms with van der Waals surface area (Å²) < 4.78 is 11.1. The van der Waals surface area contributed by atoms with Gasteiger partial charge in [0, 0.05) is 38.7 Å². The highest BCUT2D eigenvalue weighted by Gasteiger charge is 2.39. The third-order valence-electron chi connectivity index (χ3n) is 9.63. The third-order valence-corrected chi connectivity index (χ3v) is 9.63. The van der Waals surface area contributed by atoms with Gasteiger partial charge in [-0.15, -0.1) is 0 Å². The van der Waals surface area contributed by atoms with Crippen LogP contribution in [0.15, 0.2) is 109 Å². The topological polar surface area (TPSA) is 117 Å². The van der Waals surface area contributed by atoms with Crippen LogP contribution in [-0.2, 0) is 28.7 Å². The maximum Gasteiger partial charge on any atom is 0.257 e. The van der Waals surface area contributed by atoms with Crippen LogP contribution in [0.5, 0.6) is 0 Å². The highest BCUT2D eigenvalue weighted by molar-refractivity contribution is 5.99. The Bertz CT molecular complexity index is 1730. The summed E-state index contributed by atoms with van der Waals surface area (Å²) in [5.41, 5.74) is 4.69. The molecule has 2 aliphatic heterocycles. The quantitative estimate of drug-likeness (QED) is 0.163. The number of methoxy groups -OCH3 is 2. The lowest BCUT2D eigenvalue weighted by Gasteiger charge is -2.27. The number of carbonyl (C=O) groups is 4. The van der Waals surface area contributed by atoms with Crippen LogP contribution in [0.2, 0.25) is 0 Å².